The summed E-state index contributed by atoms with van der Waals surface area (Å²) in [5.41, 5.74) is 2.75. The smallest absolute Gasteiger partial charge is 0.0368 e. The first-order valence-corrected chi connectivity index (χ1v) is 6.82. The molecule has 0 aromatic heterocycles. The standard InChI is InChI=1S/C15H24N2/c1-3-8-16-11-14-7-9-17(12-14)15-6-4-5-13(2)10-15/h4-6,10,14,16H,3,7-9,11-12H2,1-2H3. The van der Waals surface area contributed by atoms with Gasteiger partial charge in [-0.2, -0.15) is 0 Å². The molecule has 1 atom stereocenters. The number of hydrogen-bond donors (Lipinski definition) is 1. The highest BCUT2D eigenvalue weighted by Crippen LogP contribution is 2.24. The van der Waals surface area contributed by atoms with Crippen molar-refractivity contribution < 1.29 is 0 Å². The third-order valence-corrected chi connectivity index (χ3v) is 3.51. The number of hydrogen-bond acceptors (Lipinski definition) is 2. The number of anilines is 1. The van der Waals surface area contributed by atoms with Crippen LogP contribution < -0.4 is 10.2 Å². The van der Waals surface area contributed by atoms with Crippen molar-refractivity contribution in [2.75, 3.05) is 31.1 Å². The van der Waals surface area contributed by atoms with E-state index >= 15 is 0 Å². The van der Waals surface area contributed by atoms with Gasteiger partial charge in [0.05, 0.1) is 0 Å². The Bertz CT molecular complexity index is 349. The molecule has 17 heavy (non-hydrogen) atoms. The van der Waals surface area contributed by atoms with Gasteiger partial charge in [0.1, 0.15) is 0 Å². The first-order chi connectivity index (χ1) is 8.29. The number of rotatable bonds is 5. The predicted octanol–water partition coefficient (Wildman–Crippen LogP) is 2.82. The Kier molecular flexibility index (Phi) is 4.43. The van der Waals surface area contributed by atoms with E-state index in [-0.39, 0.29) is 0 Å². The fourth-order valence-electron chi connectivity index (χ4n) is 2.54. The third kappa shape index (κ3) is 3.47. The van der Waals surface area contributed by atoms with Crippen molar-refractivity contribution in [2.24, 2.45) is 5.92 Å². The molecule has 0 radical (unpaired) electrons. The molecule has 1 saturated heterocycles. The Hall–Kier alpha value is -1.02. The predicted molar refractivity (Wildman–Crippen MR) is 74.7 cm³/mol. The molecular weight excluding hydrogens is 208 g/mol. The summed E-state index contributed by atoms with van der Waals surface area (Å²) in [4.78, 5) is 2.52. The van der Waals surface area contributed by atoms with E-state index in [1.54, 1.807) is 0 Å². The maximum atomic E-state index is 3.53. The summed E-state index contributed by atoms with van der Waals surface area (Å²) in [5.74, 6) is 0.821. The Balaban J connectivity index is 1.85. The second kappa shape index (κ2) is 6.06. The summed E-state index contributed by atoms with van der Waals surface area (Å²) >= 11 is 0. The van der Waals surface area contributed by atoms with Gasteiger partial charge in [0.15, 0.2) is 0 Å². The zero-order valence-electron chi connectivity index (χ0n) is 11.1. The molecule has 0 saturated carbocycles. The van der Waals surface area contributed by atoms with Crippen molar-refractivity contribution in [1.29, 1.82) is 0 Å². The van der Waals surface area contributed by atoms with Gasteiger partial charge >= 0.3 is 0 Å². The molecule has 1 heterocycles. The van der Waals surface area contributed by atoms with Crippen LogP contribution in [0.5, 0.6) is 0 Å². The van der Waals surface area contributed by atoms with Gasteiger partial charge in [-0.1, -0.05) is 19.1 Å². The van der Waals surface area contributed by atoms with Crippen LogP contribution in [0.3, 0.4) is 0 Å². The Morgan fingerprint density at radius 2 is 2.29 bits per heavy atom. The van der Waals surface area contributed by atoms with Gasteiger partial charge in [-0.3, -0.25) is 0 Å². The Morgan fingerprint density at radius 1 is 1.41 bits per heavy atom. The van der Waals surface area contributed by atoms with Crippen LogP contribution in [-0.4, -0.2) is 26.2 Å². The van der Waals surface area contributed by atoms with Gasteiger partial charge in [-0.05, 0) is 56.5 Å². The van der Waals surface area contributed by atoms with Crippen LogP contribution in [0.25, 0.3) is 0 Å². The van der Waals surface area contributed by atoms with Crippen molar-refractivity contribution in [3.63, 3.8) is 0 Å². The van der Waals surface area contributed by atoms with Crippen LogP contribution in [0.15, 0.2) is 24.3 Å². The lowest BCUT2D eigenvalue weighted by molar-refractivity contribution is 0.516. The number of aryl methyl sites for hydroxylation is 1. The van der Waals surface area contributed by atoms with Crippen LogP contribution in [0, 0.1) is 12.8 Å². The molecule has 0 spiro atoms. The van der Waals surface area contributed by atoms with Gasteiger partial charge in [-0.25, -0.2) is 0 Å². The SMILES string of the molecule is CCCNCC1CCN(c2cccc(C)c2)C1. The van der Waals surface area contributed by atoms with Crippen molar-refractivity contribution in [3.05, 3.63) is 29.8 Å². The molecule has 2 rings (SSSR count). The lowest BCUT2D eigenvalue weighted by Crippen LogP contribution is -2.26. The van der Waals surface area contributed by atoms with Crippen LogP contribution in [-0.2, 0) is 0 Å². The summed E-state index contributed by atoms with van der Waals surface area (Å²) in [5, 5.41) is 3.53. The summed E-state index contributed by atoms with van der Waals surface area (Å²) in [6.45, 7) is 9.14. The second-order valence-corrected chi connectivity index (χ2v) is 5.14. The molecular formula is C15H24N2. The van der Waals surface area contributed by atoms with Crippen molar-refractivity contribution in [2.45, 2.75) is 26.7 Å². The molecule has 1 unspecified atom stereocenters. The number of benzene rings is 1. The molecule has 1 aliphatic rings. The minimum Gasteiger partial charge on any atom is -0.371 e. The monoisotopic (exact) mass is 232 g/mol. The molecule has 1 aromatic rings. The topological polar surface area (TPSA) is 15.3 Å². The largest absolute Gasteiger partial charge is 0.371 e. The summed E-state index contributed by atoms with van der Waals surface area (Å²) in [7, 11) is 0. The molecule has 0 aliphatic carbocycles. The normalized spacial score (nSPS) is 19.9. The van der Waals surface area contributed by atoms with E-state index in [9.17, 15) is 0 Å². The average Bonchev–Trinajstić information content (AvgIpc) is 2.78. The van der Waals surface area contributed by atoms with E-state index in [2.05, 4.69) is 48.3 Å². The molecule has 1 N–H and O–H groups in total. The zero-order valence-corrected chi connectivity index (χ0v) is 11.1. The number of nitrogens with one attached hydrogen (secondary N) is 1. The third-order valence-electron chi connectivity index (χ3n) is 3.51. The van der Waals surface area contributed by atoms with Crippen molar-refractivity contribution in [1.82, 2.24) is 5.32 Å². The van der Waals surface area contributed by atoms with Gasteiger partial charge < -0.3 is 10.2 Å². The van der Waals surface area contributed by atoms with E-state index in [0.29, 0.717) is 0 Å². The van der Waals surface area contributed by atoms with E-state index in [4.69, 9.17) is 0 Å². The lowest BCUT2D eigenvalue weighted by Gasteiger charge is -2.19. The molecule has 1 aromatic carbocycles. The van der Waals surface area contributed by atoms with Crippen LogP contribution >= 0.6 is 0 Å². The maximum Gasteiger partial charge on any atom is 0.0368 e. The van der Waals surface area contributed by atoms with Crippen LogP contribution in [0.1, 0.15) is 25.3 Å². The van der Waals surface area contributed by atoms with Gasteiger partial charge in [-0.15, -0.1) is 0 Å². The Labute approximate surface area is 105 Å². The lowest BCUT2D eigenvalue weighted by atomic mass is 10.1. The molecule has 0 bridgehead atoms. The molecule has 1 fully saturated rings. The number of nitrogens with zero attached hydrogens (tertiary/aromatic N) is 1. The highest BCUT2D eigenvalue weighted by atomic mass is 15.2. The van der Waals surface area contributed by atoms with E-state index < -0.39 is 0 Å². The second-order valence-electron chi connectivity index (χ2n) is 5.14. The summed E-state index contributed by atoms with van der Waals surface area (Å²) in [6.07, 6.45) is 2.55. The quantitative estimate of drug-likeness (QED) is 0.785. The van der Waals surface area contributed by atoms with E-state index in [1.165, 1.54) is 43.7 Å². The first kappa shape index (κ1) is 12.4. The molecule has 1 aliphatic heterocycles. The molecule has 2 heteroatoms. The summed E-state index contributed by atoms with van der Waals surface area (Å²) in [6, 6.07) is 8.85. The molecule has 94 valence electrons. The fraction of sp³-hybridized carbons (Fsp3) is 0.600. The average molecular weight is 232 g/mol. The summed E-state index contributed by atoms with van der Waals surface area (Å²) < 4.78 is 0. The van der Waals surface area contributed by atoms with E-state index in [1.807, 2.05) is 0 Å². The molecule has 0 amide bonds. The highest BCUT2D eigenvalue weighted by Gasteiger charge is 2.22. The Morgan fingerprint density at radius 3 is 3.06 bits per heavy atom. The van der Waals surface area contributed by atoms with Crippen molar-refractivity contribution in [3.8, 4) is 0 Å². The molecule has 2 nitrogen and oxygen atoms in total. The first-order valence-electron chi connectivity index (χ1n) is 6.82. The minimum atomic E-state index is 0.821. The zero-order chi connectivity index (χ0) is 12.1. The fourth-order valence-corrected chi connectivity index (χ4v) is 2.54. The van der Waals surface area contributed by atoms with Crippen LogP contribution in [0.2, 0.25) is 0 Å². The van der Waals surface area contributed by atoms with Crippen LogP contribution in [0.4, 0.5) is 5.69 Å². The van der Waals surface area contributed by atoms with Crippen molar-refractivity contribution >= 4 is 5.69 Å². The van der Waals surface area contributed by atoms with Gasteiger partial charge in [0.25, 0.3) is 0 Å². The van der Waals surface area contributed by atoms with Gasteiger partial charge in [0, 0.05) is 18.8 Å². The highest BCUT2D eigenvalue weighted by molar-refractivity contribution is 5.49. The van der Waals surface area contributed by atoms with E-state index in [0.717, 1.165) is 12.5 Å². The minimum absolute atomic E-state index is 0.821. The maximum absolute atomic E-state index is 3.53. The van der Waals surface area contributed by atoms with Gasteiger partial charge in [0.2, 0.25) is 0 Å².